The Kier molecular flexibility index (Phi) is 9.07. The summed E-state index contributed by atoms with van der Waals surface area (Å²) in [6, 6.07) is 22.7. The van der Waals surface area contributed by atoms with Crippen molar-refractivity contribution in [2.45, 2.75) is 43.8 Å². The molecule has 2 atom stereocenters. The van der Waals surface area contributed by atoms with Gasteiger partial charge in [-0.3, -0.25) is 9.59 Å². The van der Waals surface area contributed by atoms with Gasteiger partial charge in [-0.2, -0.15) is 8.42 Å². The van der Waals surface area contributed by atoms with Crippen LogP contribution in [0.2, 0.25) is 0 Å². The molecule has 0 bridgehead atoms. The molecule has 196 valence electrons. The van der Waals surface area contributed by atoms with Crippen LogP contribution in [0, 0.1) is 5.92 Å². The van der Waals surface area contributed by atoms with Crippen LogP contribution in [-0.2, 0) is 35.8 Å². The Hall–Kier alpha value is -3.69. The van der Waals surface area contributed by atoms with Crippen LogP contribution in [0.15, 0.2) is 89.8 Å². The molecule has 0 heterocycles. The molecule has 0 aliphatic carbocycles. The number of benzene rings is 3. The zero-order chi connectivity index (χ0) is 27.1. The number of esters is 2. The molecule has 0 saturated heterocycles. The standard InChI is InChI=1S/C28H31NO7S/c1-28(2,3)35-27(31)25(24(18-29)26(30)34-19-20-10-6-4-7-11-20)21-14-16-22(17-15-21)36-37(32,33)23-12-8-5-9-13-23/h4-17,24-25H,18-19,29H2,1-3H3. The molecule has 2 unspecified atom stereocenters. The highest BCUT2D eigenvalue weighted by atomic mass is 32.2. The van der Waals surface area contributed by atoms with Gasteiger partial charge in [0.15, 0.2) is 0 Å². The van der Waals surface area contributed by atoms with Crippen molar-refractivity contribution in [3.63, 3.8) is 0 Å². The highest BCUT2D eigenvalue weighted by Gasteiger charge is 2.38. The Labute approximate surface area is 217 Å². The highest BCUT2D eigenvalue weighted by molar-refractivity contribution is 7.87. The van der Waals surface area contributed by atoms with E-state index in [0.29, 0.717) is 5.56 Å². The molecular formula is C28H31NO7S. The normalized spacial score (nSPS) is 13.3. The van der Waals surface area contributed by atoms with Crippen LogP contribution >= 0.6 is 0 Å². The maximum atomic E-state index is 13.2. The van der Waals surface area contributed by atoms with Crippen molar-refractivity contribution in [3.05, 3.63) is 96.1 Å². The van der Waals surface area contributed by atoms with E-state index in [2.05, 4.69) is 0 Å². The summed E-state index contributed by atoms with van der Waals surface area (Å²) in [5.41, 5.74) is 6.34. The van der Waals surface area contributed by atoms with E-state index in [-0.39, 0.29) is 23.8 Å². The molecule has 0 aliphatic rings. The first-order valence-electron chi connectivity index (χ1n) is 11.7. The van der Waals surface area contributed by atoms with Gasteiger partial charge in [0.2, 0.25) is 0 Å². The summed E-state index contributed by atoms with van der Waals surface area (Å²) >= 11 is 0. The van der Waals surface area contributed by atoms with Crippen LogP contribution in [0.1, 0.15) is 37.8 Å². The molecule has 0 fully saturated rings. The van der Waals surface area contributed by atoms with Crippen molar-refractivity contribution in [1.29, 1.82) is 0 Å². The van der Waals surface area contributed by atoms with Gasteiger partial charge in [-0.1, -0.05) is 60.7 Å². The summed E-state index contributed by atoms with van der Waals surface area (Å²) in [4.78, 5) is 26.3. The molecule has 8 nitrogen and oxygen atoms in total. The molecule has 3 aromatic carbocycles. The van der Waals surface area contributed by atoms with E-state index >= 15 is 0 Å². The molecule has 0 spiro atoms. The van der Waals surface area contributed by atoms with E-state index in [1.165, 1.54) is 36.4 Å². The SMILES string of the molecule is CC(C)(C)OC(=O)C(c1ccc(OS(=O)(=O)c2ccccc2)cc1)C(CN)C(=O)OCc1ccccc1. The van der Waals surface area contributed by atoms with E-state index in [4.69, 9.17) is 19.4 Å². The Balaban J connectivity index is 1.85. The molecule has 0 amide bonds. The molecule has 0 aromatic heterocycles. The monoisotopic (exact) mass is 525 g/mol. The molecule has 9 heteroatoms. The fraction of sp³-hybridized carbons (Fsp3) is 0.286. The van der Waals surface area contributed by atoms with Gasteiger partial charge in [-0.15, -0.1) is 0 Å². The van der Waals surface area contributed by atoms with Crippen LogP contribution in [-0.4, -0.2) is 32.5 Å². The van der Waals surface area contributed by atoms with E-state index in [1.54, 1.807) is 39.0 Å². The predicted molar refractivity (Wildman–Crippen MR) is 138 cm³/mol. The lowest BCUT2D eigenvalue weighted by molar-refractivity contribution is -0.164. The lowest BCUT2D eigenvalue weighted by Gasteiger charge is -2.28. The van der Waals surface area contributed by atoms with Crippen molar-refractivity contribution in [2.75, 3.05) is 6.54 Å². The van der Waals surface area contributed by atoms with E-state index < -0.39 is 39.5 Å². The lowest BCUT2D eigenvalue weighted by Crippen LogP contribution is -2.38. The first-order valence-corrected chi connectivity index (χ1v) is 13.1. The average molecular weight is 526 g/mol. The predicted octanol–water partition coefficient (Wildman–Crippen LogP) is 4.20. The quantitative estimate of drug-likeness (QED) is 0.309. The number of carbonyl (C=O) groups is 2. The Morgan fingerprint density at radius 2 is 1.41 bits per heavy atom. The van der Waals surface area contributed by atoms with E-state index in [1.807, 2.05) is 30.3 Å². The Morgan fingerprint density at radius 1 is 0.838 bits per heavy atom. The van der Waals surface area contributed by atoms with Crippen molar-refractivity contribution >= 4 is 22.1 Å². The van der Waals surface area contributed by atoms with Gasteiger partial charge in [0.25, 0.3) is 0 Å². The minimum atomic E-state index is -4.04. The van der Waals surface area contributed by atoms with Crippen molar-refractivity contribution < 1.29 is 31.7 Å². The second-order valence-corrected chi connectivity index (χ2v) is 10.9. The molecule has 3 rings (SSSR count). The zero-order valence-corrected chi connectivity index (χ0v) is 21.8. The van der Waals surface area contributed by atoms with Crippen molar-refractivity contribution in [3.8, 4) is 5.75 Å². The summed E-state index contributed by atoms with van der Waals surface area (Å²) in [5.74, 6) is -3.35. The lowest BCUT2D eigenvalue weighted by atomic mass is 9.85. The van der Waals surface area contributed by atoms with Crippen LogP contribution in [0.4, 0.5) is 0 Å². The van der Waals surface area contributed by atoms with Crippen LogP contribution in [0.3, 0.4) is 0 Å². The van der Waals surface area contributed by atoms with Gasteiger partial charge in [0.05, 0.1) is 11.8 Å². The van der Waals surface area contributed by atoms with Crippen LogP contribution < -0.4 is 9.92 Å². The van der Waals surface area contributed by atoms with Crippen molar-refractivity contribution in [1.82, 2.24) is 0 Å². The van der Waals surface area contributed by atoms with E-state index in [9.17, 15) is 18.0 Å². The topological polar surface area (TPSA) is 122 Å². The first-order chi connectivity index (χ1) is 17.5. The number of ether oxygens (including phenoxy) is 2. The second-order valence-electron chi connectivity index (χ2n) is 9.37. The molecular weight excluding hydrogens is 494 g/mol. The molecule has 3 aromatic rings. The Bertz CT molecular complexity index is 1290. The summed E-state index contributed by atoms with van der Waals surface area (Å²) in [6.07, 6.45) is 0. The zero-order valence-electron chi connectivity index (χ0n) is 21.0. The number of carbonyl (C=O) groups excluding carboxylic acids is 2. The minimum Gasteiger partial charge on any atom is -0.461 e. The smallest absolute Gasteiger partial charge is 0.339 e. The summed E-state index contributed by atoms with van der Waals surface area (Å²) in [5, 5.41) is 0. The number of nitrogens with two attached hydrogens (primary N) is 1. The van der Waals surface area contributed by atoms with Gasteiger partial charge in [-0.05, 0) is 56.2 Å². The van der Waals surface area contributed by atoms with Crippen LogP contribution in [0.5, 0.6) is 5.75 Å². The third-order valence-corrected chi connectivity index (χ3v) is 6.58. The van der Waals surface area contributed by atoms with Crippen LogP contribution in [0.25, 0.3) is 0 Å². The average Bonchev–Trinajstić information content (AvgIpc) is 2.86. The molecule has 37 heavy (non-hydrogen) atoms. The van der Waals surface area contributed by atoms with Gasteiger partial charge in [-0.25, -0.2) is 0 Å². The number of hydrogen-bond acceptors (Lipinski definition) is 8. The first kappa shape index (κ1) is 27.9. The fourth-order valence-electron chi connectivity index (χ4n) is 3.59. The van der Waals surface area contributed by atoms with E-state index in [0.717, 1.165) is 5.56 Å². The summed E-state index contributed by atoms with van der Waals surface area (Å²) in [6.45, 7) is 5.02. The second kappa shape index (κ2) is 12.0. The maximum Gasteiger partial charge on any atom is 0.339 e. The Morgan fingerprint density at radius 3 is 1.95 bits per heavy atom. The van der Waals surface area contributed by atoms with Gasteiger partial charge >= 0.3 is 22.1 Å². The number of hydrogen-bond donors (Lipinski definition) is 1. The molecule has 0 radical (unpaired) electrons. The molecule has 2 N–H and O–H groups in total. The third-order valence-electron chi connectivity index (χ3n) is 5.32. The van der Waals surface area contributed by atoms with Gasteiger partial charge in [0, 0.05) is 6.54 Å². The molecule has 0 aliphatic heterocycles. The third kappa shape index (κ3) is 7.90. The van der Waals surface area contributed by atoms with Gasteiger partial charge < -0.3 is 19.4 Å². The molecule has 0 saturated carbocycles. The van der Waals surface area contributed by atoms with Gasteiger partial charge in [0.1, 0.15) is 22.9 Å². The maximum absolute atomic E-state index is 13.2. The number of rotatable bonds is 10. The minimum absolute atomic E-state index is 0.00932. The summed E-state index contributed by atoms with van der Waals surface area (Å²) < 4.78 is 41.4. The fourth-order valence-corrected chi connectivity index (χ4v) is 4.55. The van der Waals surface area contributed by atoms with Crippen molar-refractivity contribution in [2.24, 2.45) is 11.7 Å². The largest absolute Gasteiger partial charge is 0.461 e. The summed E-state index contributed by atoms with van der Waals surface area (Å²) in [7, 11) is -4.04. The highest BCUT2D eigenvalue weighted by Crippen LogP contribution is 2.31.